The normalized spacial score (nSPS) is 10.7. The van der Waals surface area contributed by atoms with Gasteiger partial charge in [0.25, 0.3) is 11.8 Å². The first-order chi connectivity index (χ1) is 11.9. The average Bonchev–Trinajstić information content (AvgIpc) is 2.95. The number of anilines is 2. The van der Waals surface area contributed by atoms with Gasteiger partial charge in [0.15, 0.2) is 0 Å². The molecule has 0 saturated carbocycles. The summed E-state index contributed by atoms with van der Waals surface area (Å²) in [5, 5.41) is 5.67. The molecule has 0 atom stereocenters. The van der Waals surface area contributed by atoms with Gasteiger partial charge >= 0.3 is 0 Å². The van der Waals surface area contributed by atoms with Gasteiger partial charge in [-0.3, -0.25) is 9.59 Å². The van der Waals surface area contributed by atoms with Gasteiger partial charge in [0.2, 0.25) is 0 Å². The van der Waals surface area contributed by atoms with Crippen molar-refractivity contribution in [2.75, 3.05) is 37.7 Å². The van der Waals surface area contributed by atoms with Gasteiger partial charge in [0, 0.05) is 31.4 Å². The largest absolute Gasteiger partial charge is 0.399 e. The maximum Gasteiger partial charge on any atom is 0.267 e. The summed E-state index contributed by atoms with van der Waals surface area (Å²) in [4.78, 5) is 26.7. The van der Waals surface area contributed by atoms with E-state index in [9.17, 15) is 9.59 Å². The van der Waals surface area contributed by atoms with E-state index in [1.54, 1.807) is 48.0 Å². The number of hydrogen-bond acceptors (Lipinski definition) is 4. The highest BCUT2D eigenvalue weighted by molar-refractivity contribution is 6.05. The molecule has 134 valence electrons. The first kappa shape index (κ1) is 18.5. The summed E-state index contributed by atoms with van der Waals surface area (Å²) < 4.78 is 1.66. The number of nitrogens with one attached hydrogen (secondary N) is 2. The zero-order valence-electron chi connectivity index (χ0n) is 14.9. The van der Waals surface area contributed by atoms with Crippen molar-refractivity contribution in [3.8, 4) is 0 Å². The van der Waals surface area contributed by atoms with Crippen LogP contribution in [0.3, 0.4) is 0 Å². The van der Waals surface area contributed by atoms with Gasteiger partial charge in [-0.25, -0.2) is 0 Å². The van der Waals surface area contributed by atoms with Crippen molar-refractivity contribution in [3.05, 3.63) is 47.7 Å². The molecule has 0 fully saturated rings. The molecule has 0 unspecified atom stereocenters. The first-order valence-corrected chi connectivity index (χ1v) is 8.21. The number of aromatic nitrogens is 1. The summed E-state index contributed by atoms with van der Waals surface area (Å²) in [5.41, 5.74) is 7.18. The standard InChI is InChI=1S/C18H25N5O2/c1-4-22(2)11-10-20-18(25)15-8-9-16(23(15)3)21-17(24)13-6-5-7-14(19)12-13/h5-9,12H,4,10-11,19H2,1-3H3,(H,20,25)(H,21,24). The number of carbonyl (C=O) groups excluding carboxylic acids is 2. The lowest BCUT2D eigenvalue weighted by molar-refractivity contribution is 0.0940. The number of nitrogens with zero attached hydrogens (tertiary/aromatic N) is 2. The lowest BCUT2D eigenvalue weighted by Gasteiger charge is -2.14. The molecule has 0 aliphatic rings. The van der Waals surface area contributed by atoms with Crippen molar-refractivity contribution < 1.29 is 9.59 Å². The van der Waals surface area contributed by atoms with Crippen LogP contribution in [0.15, 0.2) is 36.4 Å². The molecule has 0 bridgehead atoms. The first-order valence-electron chi connectivity index (χ1n) is 8.21. The highest BCUT2D eigenvalue weighted by Gasteiger charge is 2.14. The number of nitrogens with two attached hydrogens (primary N) is 1. The van der Waals surface area contributed by atoms with E-state index < -0.39 is 0 Å². The summed E-state index contributed by atoms with van der Waals surface area (Å²) >= 11 is 0. The minimum absolute atomic E-state index is 0.170. The van der Waals surface area contributed by atoms with Crippen molar-refractivity contribution in [1.82, 2.24) is 14.8 Å². The van der Waals surface area contributed by atoms with Crippen LogP contribution in [-0.4, -0.2) is 48.0 Å². The van der Waals surface area contributed by atoms with E-state index in [-0.39, 0.29) is 11.8 Å². The van der Waals surface area contributed by atoms with Gasteiger partial charge in [-0.2, -0.15) is 0 Å². The fourth-order valence-electron chi connectivity index (χ4n) is 2.34. The Morgan fingerprint density at radius 2 is 1.96 bits per heavy atom. The number of rotatable bonds is 7. The highest BCUT2D eigenvalue weighted by Crippen LogP contribution is 2.15. The molecule has 7 nitrogen and oxygen atoms in total. The molecular weight excluding hydrogens is 318 g/mol. The monoisotopic (exact) mass is 343 g/mol. The van der Waals surface area contributed by atoms with Gasteiger partial charge < -0.3 is 25.8 Å². The third kappa shape index (κ3) is 4.84. The lowest BCUT2D eigenvalue weighted by Crippen LogP contribution is -2.33. The predicted molar refractivity (Wildman–Crippen MR) is 99.7 cm³/mol. The molecule has 1 aromatic carbocycles. The van der Waals surface area contributed by atoms with Gasteiger partial charge in [0.1, 0.15) is 11.5 Å². The Labute approximate surface area is 147 Å². The fraction of sp³-hybridized carbons (Fsp3) is 0.333. The summed E-state index contributed by atoms with van der Waals surface area (Å²) in [6.07, 6.45) is 0. The SMILES string of the molecule is CCN(C)CCNC(=O)c1ccc(NC(=O)c2cccc(N)c2)n1C. The molecule has 7 heteroatoms. The molecule has 0 saturated heterocycles. The van der Waals surface area contributed by atoms with Gasteiger partial charge in [0.05, 0.1) is 0 Å². The quantitative estimate of drug-likeness (QED) is 0.665. The molecule has 2 aromatic rings. The zero-order chi connectivity index (χ0) is 18.4. The molecule has 4 N–H and O–H groups in total. The van der Waals surface area contributed by atoms with Crippen LogP contribution in [0.5, 0.6) is 0 Å². The topological polar surface area (TPSA) is 92.4 Å². The number of nitrogen functional groups attached to an aromatic ring is 1. The molecule has 0 radical (unpaired) electrons. The number of likely N-dealkylation sites (N-methyl/N-ethyl adjacent to an activating group) is 1. The van der Waals surface area contributed by atoms with E-state index in [1.807, 2.05) is 7.05 Å². The smallest absolute Gasteiger partial charge is 0.267 e. The van der Waals surface area contributed by atoms with E-state index in [1.165, 1.54) is 0 Å². The lowest BCUT2D eigenvalue weighted by atomic mass is 10.2. The Hall–Kier alpha value is -2.80. The van der Waals surface area contributed by atoms with Crippen LogP contribution in [0, 0.1) is 0 Å². The van der Waals surface area contributed by atoms with Crippen LogP contribution in [0.4, 0.5) is 11.5 Å². The second kappa shape index (κ2) is 8.34. The molecule has 2 amide bonds. The Bertz CT molecular complexity index is 754. The van der Waals surface area contributed by atoms with Gasteiger partial charge in [-0.1, -0.05) is 13.0 Å². The third-order valence-corrected chi connectivity index (χ3v) is 4.06. The van der Waals surface area contributed by atoms with E-state index in [2.05, 4.69) is 22.5 Å². The molecule has 25 heavy (non-hydrogen) atoms. The number of benzene rings is 1. The molecule has 0 aliphatic carbocycles. The predicted octanol–water partition coefficient (Wildman–Crippen LogP) is 1.54. The summed E-state index contributed by atoms with van der Waals surface area (Å²) in [6.45, 7) is 4.35. The Morgan fingerprint density at radius 3 is 2.64 bits per heavy atom. The molecule has 2 rings (SSSR count). The third-order valence-electron chi connectivity index (χ3n) is 4.06. The highest BCUT2D eigenvalue weighted by atomic mass is 16.2. The Balaban J connectivity index is 2.00. The number of amides is 2. The summed E-state index contributed by atoms with van der Waals surface area (Å²) in [5.74, 6) is 0.102. The fourth-order valence-corrected chi connectivity index (χ4v) is 2.34. The van der Waals surface area contributed by atoms with Gasteiger partial charge in [-0.05, 0) is 43.9 Å². The van der Waals surface area contributed by atoms with Crippen molar-refractivity contribution in [1.29, 1.82) is 0 Å². The van der Waals surface area contributed by atoms with Crippen LogP contribution < -0.4 is 16.4 Å². The second-order valence-electron chi connectivity index (χ2n) is 5.89. The Kier molecular flexibility index (Phi) is 6.19. The van der Waals surface area contributed by atoms with Crippen molar-refractivity contribution >= 4 is 23.3 Å². The van der Waals surface area contributed by atoms with Crippen molar-refractivity contribution in [3.63, 3.8) is 0 Å². The molecule has 1 heterocycles. The number of hydrogen-bond donors (Lipinski definition) is 3. The van der Waals surface area contributed by atoms with E-state index in [4.69, 9.17) is 5.73 Å². The van der Waals surface area contributed by atoms with E-state index in [0.717, 1.165) is 13.1 Å². The Morgan fingerprint density at radius 1 is 1.20 bits per heavy atom. The van der Waals surface area contributed by atoms with Crippen LogP contribution in [0.25, 0.3) is 0 Å². The maximum atomic E-state index is 12.3. The number of carbonyl (C=O) groups is 2. The van der Waals surface area contributed by atoms with Crippen LogP contribution in [0.1, 0.15) is 27.8 Å². The van der Waals surface area contributed by atoms with Crippen LogP contribution >= 0.6 is 0 Å². The van der Waals surface area contributed by atoms with Crippen LogP contribution in [0.2, 0.25) is 0 Å². The van der Waals surface area contributed by atoms with E-state index >= 15 is 0 Å². The van der Waals surface area contributed by atoms with Crippen molar-refractivity contribution in [2.45, 2.75) is 6.92 Å². The summed E-state index contributed by atoms with van der Waals surface area (Å²) in [7, 11) is 3.74. The molecule has 0 spiro atoms. The van der Waals surface area contributed by atoms with Crippen molar-refractivity contribution in [2.24, 2.45) is 7.05 Å². The second-order valence-corrected chi connectivity index (χ2v) is 5.89. The molecule has 1 aromatic heterocycles. The average molecular weight is 343 g/mol. The zero-order valence-corrected chi connectivity index (χ0v) is 14.9. The van der Waals surface area contributed by atoms with Gasteiger partial charge in [-0.15, -0.1) is 0 Å². The maximum absolute atomic E-state index is 12.3. The molecule has 0 aliphatic heterocycles. The molecular formula is C18H25N5O2. The summed E-state index contributed by atoms with van der Waals surface area (Å²) in [6, 6.07) is 10.1. The van der Waals surface area contributed by atoms with Crippen LogP contribution in [-0.2, 0) is 7.05 Å². The van der Waals surface area contributed by atoms with E-state index in [0.29, 0.717) is 29.3 Å². The minimum atomic E-state index is -0.273. The minimum Gasteiger partial charge on any atom is -0.399 e.